The van der Waals surface area contributed by atoms with E-state index < -0.39 is 12.1 Å². The minimum absolute atomic E-state index is 0.107. The van der Waals surface area contributed by atoms with Crippen LogP contribution < -0.4 is 10.3 Å². The van der Waals surface area contributed by atoms with Crippen LogP contribution in [0.1, 0.15) is 36.0 Å². The highest BCUT2D eigenvalue weighted by Crippen LogP contribution is 2.28. The summed E-state index contributed by atoms with van der Waals surface area (Å²) < 4.78 is 25.3. The van der Waals surface area contributed by atoms with Crippen LogP contribution in [-0.4, -0.2) is 21.5 Å². The summed E-state index contributed by atoms with van der Waals surface area (Å²) in [5.41, 5.74) is 1.32. The average Bonchev–Trinajstić information content (AvgIpc) is 3.06. The first-order valence-electron chi connectivity index (χ1n) is 9.13. The van der Waals surface area contributed by atoms with E-state index in [9.17, 15) is 14.0 Å². The molecule has 3 aromatic rings. The minimum atomic E-state index is -0.871. The van der Waals surface area contributed by atoms with Gasteiger partial charge >= 0.3 is 5.97 Å². The van der Waals surface area contributed by atoms with Gasteiger partial charge in [-0.3, -0.25) is 9.20 Å². The second-order valence-electron chi connectivity index (χ2n) is 6.70. The molecule has 0 aliphatic heterocycles. The number of benzene rings is 1. The van der Waals surface area contributed by atoms with Crippen LogP contribution in [0.15, 0.2) is 35.1 Å². The lowest BCUT2D eigenvalue weighted by Crippen LogP contribution is -2.26. The summed E-state index contributed by atoms with van der Waals surface area (Å²) in [5.74, 6) is -0.602. The molecule has 0 saturated heterocycles. The number of aromatic nitrogens is 2. The molecule has 0 N–H and O–H groups in total. The Morgan fingerprint density at radius 1 is 1.29 bits per heavy atom. The molecule has 0 amide bonds. The first-order valence-corrected chi connectivity index (χ1v) is 9.95. The predicted molar refractivity (Wildman–Crippen MR) is 102 cm³/mol. The van der Waals surface area contributed by atoms with E-state index in [1.807, 2.05) is 0 Å². The fourth-order valence-corrected chi connectivity index (χ4v) is 4.48. The van der Waals surface area contributed by atoms with Crippen molar-refractivity contribution < 1.29 is 18.7 Å². The average molecular weight is 402 g/mol. The van der Waals surface area contributed by atoms with Crippen molar-refractivity contribution in [1.82, 2.24) is 9.38 Å². The van der Waals surface area contributed by atoms with Gasteiger partial charge in [0.15, 0.2) is 11.1 Å². The van der Waals surface area contributed by atoms with E-state index in [1.165, 1.54) is 46.5 Å². The maximum Gasteiger partial charge on any atom is 0.347 e. The number of ether oxygens (including phenoxy) is 2. The van der Waals surface area contributed by atoms with Gasteiger partial charge in [-0.15, -0.1) is 11.3 Å². The molecule has 0 saturated carbocycles. The van der Waals surface area contributed by atoms with Crippen molar-refractivity contribution in [2.75, 3.05) is 0 Å². The Labute approximate surface area is 164 Å². The molecule has 1 aliphatic rings. The highest BCUT2D eigenvalue weighted by atomic mass is 32.1. The highest BCUT2D eigenvalue weighted by molar-refractivity contribution is 7.17. The molecule has 0 spiro atoms. The van der Waals surface area contributed by atoms with Crippen LogP contribution in [-0.2, 0) is 29.0 Å². The van der Waals surface area contributed by atoms with Gasteiger partial charge in [0.25, 0.3) is 5.56 Å². The molecule has 2 heterocycles. The number of carbonyl (C=O) groups is 1. The van der Waals surface area contributed by atoms with Crippen molar-refractivity contribution in [2.24, 2.45) is 0 Å². The van der Waals surface area contributed by atoms with E-state index in [4.69, 9.17) is 9.47 Å². The summed E-state index contributed by atoms with van der Waals surface area (Å²) in [6.45, 7) is 1.44. The lowest BCUT2D eigenvalue weighted by atomic mass is 10.0. The van der Waals surface area contributed by atoms with E-state index in [0.29, 0.717) is 16.4 Å². The third kappa shape index (κ3) is 3.77. The van der Waals surface area contributed by atoms with E-state index in [2.05, 4.69) is 4.98 Å². The van der Waals surface area contributed by atoms with E-state index >= 15 is 0 Å². The maximum absolute atomic E-state index is 12.9. The Bertz CT molecular complexity index is 1070. The predicted octanol–water partition coefficient (Wildman–Crippen LogP) is 3.28. The summed E-state index contributed by atoms with van der Waals surface area (Å²) in [7, 11) is 0. The van der Waals surface area contributed by atoms with Crippen LogP contribution in [0.4, 0.5) is 4.39 Å². The Hall–Kier alpha value is -2.74. The molecule has 146 valence electrons. The SMILES string of the molecule is C[C@@H](Oc1ccc(F)cc1)C(=O)OCc1cc(=O)n2c3c(sc2n1)CCCC3. The zero-order valence-electron chi connectivity index (χ0n) is 15.3. The molecule has 6 nitrogen and oxygen atoms in total. The first-order chi connectivity index (χ1) is 13.5. The Balaban J connectivity index is 1.44. The third-order valence-corrected chi connectivity index (χ3v) is 5.78. The van der Waals surface area contributed by atoms with Crippen molar-refractivity contribution >= 4 is 22.3 Å². The molecule has 1 aliphatic carbocycles. The van der Waals surface area contributed by atoms with Gasteiger partial charge in [0, 0.05) is 16.6 Å². The summed E-state index contributed by atoms with van der Waals surface area (Å²) >= 11 is 1.53. The van der Waals surface area contributed by atoms with Crippen molar-refractivity contribution in [3.05, 3.63) is 62.8 Å². The molecule has 4 rings (SSSR count). The molecule has 0 radical (unpaired) electrons. The van der Waals surface area contributed by atoms with Gasteiger partial charge in [0.1, 0.15) is 18.2 Å². The lowest BCUT2D eigenvalue weighted by Gasteiger charge is -2.14. The van der Waals surface area contributed by atoms with Gasteiger partial charge in [-0.25, -0.2) is 14.2 Å². The number of fused-ring (bicyclic) bond motifs is 3. The van der Waals surface area contributed by atoms with Crippen LogP contribution >= 0.6 is 11.3 Å². The summed E-state index contributed by atoms with van der Waals surface area (Å²) in [6, 6.07) is 6.79. The van der Waals surface area contributed by atoms with Crippen LogP contribution in [0.3, 0.4) is 0 Å². The van der Waals surface area contributed by atoms with Crippen molar-refractivity contribution in [3.8, 4) is 5.75 Å². The van der Waals surface area contributed by atoms with Crippen molar-refractivity contribution in [3.63, 3.8) is 0 Å². The molecule has 2 aromatic heterocycles. The normalized spacial score (nSPS) is 14.5. The molecule has 0 fully saturated rings. The topological polar surface area (TPSA) is 69.9 Å². The van der Waals surface area contributed by atoms with E-state index in [1.54, 1.807) is 11.3 Å². The summed E-state index contributed by atoms with van der Waals surface area (Å²) in [6.07, 6.45) is 3.21. The monoisotopic (exact) mass is 402 g/mol. The molecule has 8 heteroatoms. The van der Waals surface area contributed by atoms with Gasteiger partial charge in [0.05, 0.1) is 5.69 Å². The number of hydrogen-bond acceptors (Lipinski definition) is 6. The van der Waals surface area contributed by atoms with Crippen molar-refractivity contribution in [2.45, 2.75) is 45.3 Å². The van der Waals surface area contributed by atoms with Gasteiger partial charge in [-0.05, 0) is 56.9 Å². The molecule has 0 unspecified atom stereocenters. The van der Waals surface area contributed by atoms with Crippen LogP contribution in [0.2, 0.25) is 0 Å². The fourth-order valence-electron chi connectivity index (χ4n) is 3.24. The van der Waals surface area contributed by atoms with Crippen molar-refractivity contribution in [1.29, 1.82) is 0 Å². The summed E-state index contributed by atoms with van der Waals surface area (Å²) in [5, 5.41) is 0. The molecular weight excluding hydrogens is 383 g/mol. The van der Waals surface area contributed by atoms with Crippen LogP contribution in [0.5, 0.6) is 5.75 Å². The van der Waals surface area contributed by atoms with E-state index in [0.717, 1.165) is 31.4 Å². The number of hydrogen-bond donors (Lipinski definition) is 0. The highest BCUT2D eigenvalue weighted by Gasteiger charge is 2.20. The quantitative estimate of drug-likeness (QED) is 0.613. The summed E-state index contributed by atoms with van der Waals surface area (Å²) in [4.78, 5) is 31.0. The first kappa shape index (κ1) is 18.6. The second-order valence-corrected chi connectivity index (χ2v) is 7.77. The smallest absolute Gasteiger partial charge is 0.347 e. The standard InChI is InChI=1S/C20H19FN2O4S/c1-12(27-15-8-6-13(21)7-9-15)19(25)26-11-14-10-18(24)23-16-4-2-3-5-17(16)28-20(23)22-14/h6-10,12H,2-5,11H2,1H3/t12-/m1/s1. The maximum atomic E-state index is 12.9. The Morgan fingerprint density at radius 2 is 2.04 bits per heavy atom. The number of nitrogens with zero attached hydrogens (tertiary/aromatic N) is 2. The number of rotatable bonds is 5. The second kappa shape index (κ2) is 7.71. The van der Waals surface area contributed by atoms with Crippen LogP contribution in [0.25, 0.3) is 4.96 Å². The lowest BCUT2D eigenvalue weighted by molar-refractivity contribution is -0.152. The van der Waals surface area contributed by atoms with Crippen LogP contribution in [0, 0.1) is 5.82 Å². The van der Waals surface area contributed by atoms with Gasteiger partial charge in [-0.1, -0.05) is 0 Å². The van der Waals surface area contributed by atoms with Gasteiger partial charge in [0.2, 0.25) is 0 Å². The van der Waals surface area contributed by atoms with Gasteiger partial charge < -0.3 is 9.47 Å². The molecule has 28 heavy (non-hydrogen) atoms. The van der Waals surface area contributed by atoms with Gasteiger partial charge in [-0.2, -0.15) is 0 Å². The zero-order chi connectivity index (χ0) is 19.7. The van der Waals surface area contributed by atoms with E-state index in [-0.39, 0.29) is 18.0 Å². The zero-order valence-corrected chi connectivity index (χ0v) is 16.1. The molecule has 0 bridgehead atoms. The Kier molecular flexibility index (Phi) is 5.13. The number of halogens is 1. The number of thiazole rings is 1. The number of aryl methyl sites for hydroxylation is 2. The third-order valence-electron chi connectivity index (χ3n) is 4.64. The largest absolute Gasteiger partial charge is 0.479 e. The molecular formula is C20H19FN2O4S. The number of carbonyl (C=O) groups excluding carboxylic acids is 1. The minimum Gasteiger partial charge on any atom is -0.479 e. The Morgan fingerprint density at radius 3 is 2.82 bits per heavy atom. The number of esters is 1. The molecule has 1 aromatic carbocycles. The fraction of sp³-hybridized carbons (Fsp3) is 0.350. The molecule has 1 atom stereocenters.